The zero-order valence-electron chi connectivity index (χ0n) is 10.9. The zero-order chi connectivity index (χ0) is 14.7. The number of benzene rings is 1. The van der Waals surface area contributed by atoms with Crippen LogP contribution in [0.5, 0.6) is 11.5 Å². The van der Waals surface area contributed by atoms with Gasteiger partial charge in [0.1, 0.15) is 22.5 Å². The van der Waals surface area contributed by atoms with E-state index in [0.717, 1.165) is 0 Å². The molecular formula is C13H13Cl2N3O2. The third kappa shape index (κ3) is 3.18. The van der Waals surface area contributed by atoms with E-state index >= 15 is 0 Å². The number of nitrogens with two attached hydrogens (primary N) is 1. The van der Waals surface area contributed by atoms with Gasteiger partial charge in [-0.1, -0.05) is 23.2 Å². The molecule has 0 aliphatic heterocycles. The fourth-order valence-electron chi connectivity index (χ4n) is 1.68. The summed E-state index contributed by atoms with van der Waals surface area (Å²) in [5.74, 6) is 1.57. The van der Waals surface area contributed by atoms with Crippen molar-refractivity contribution in [3.05, 3.63) is 34.4 Å². The average Bonchev–Trinajstić information content (AvgIpc) is 2.39. The molecule has 0 fully saturated rings. The summed E-state index contributed by atoms with van der Waals surface area (Å²) in [4.78, 5) is 4.13. The van der Waals surface area contributed by atoms with Crippen molar-refractivity contribution in [2.24, 2.45) is 0 Å². The maximum Gasteiger partial charge on any atom is 0.144 e. The number of aromatic nitrogens is 1. The van der Waals surface area contributed by atoms with Crippen LogP contribution in [0, 0.1) is 0 Å². The molecule has 5 nitrogen and oxygen atoms in total. The molecule has 0 radical (unpaired) electrons. The Balaban J connectivity index is 2.41. The van der Waals surface area contributed by atoms with Gasteiger partial charge in [-0.3, -0.25) is 0 Å². The molecule has 0 unspecified atom stereocenters. The molecule has 1 aromatic heterocycles. The average molecular weight is 314 g/mol. The summed E-state index contributed by atoms with van der Waals surface area (Å²) in [6.07, 6.45) is 0. The maximum absolute atomic E-state index is 6.04. The molecule has 7 heteroatoms. The van der Waals surface area contributed by atoms with Crippen molar-refractivity contribution in [2.75, 3.05) is 25.3 Å². The van der Waals surface area contributed by atoms with Crippen molar-refractivity contribution >= 4 is 40.4 Å². The van der Waals surface area contributed by atoms with Crippen molar-refractivity contribution in [2.45, 2.75) is 0 Å². The Labute approximate surface area is 126 Å². The lowest BCUT2D eigenvalue weighted by atomic mass is 10.2. The summed E-state index contributed by atoms with van der Waals surface area (Å²) in [6.45, 7) is 0. The Bertz CT molecular complexity index is 615. The van der Waals surface area contributed by atoms with Crippen molar-refractivity contribution < 1.29 is 9.47 Å². The van der Waals surface area contributed by atoms with Crippen molar-refractivity contribution in [1.29, 1.82) is 0 Å². The standard InChI is InChI=1S/C13H13Cl2N3O2/c1-19-10-6-9(11(20-2)5-8(10)14)17-13-4-7(16)3-12(15)18-13/h3-6H,1-2H3,(H3,16,17,18). The van der Waals surface area contributed by atoms with E-state index < -0.39 is 0 Å². The first-order valence-corrected chi connectivity index (χ1v) is 6.40. The summed E-state index contributed by atoms with van der Waals surface area (Å²) in [7, 11) is 3.08. The second-order valence-electron chi connectivity index (χ2n) is 3.92. The highest BCUT2D eigenvalue weighted by Crippen LogP contribution is 2.37. The minimum atomic E-state index is 0.299. The molecule has 0 saturated heterocycles. The molecular weight excluding hydrogens is 301 g/mol. The highest BCUT2D eigenvalue weighted by Gasteiger charge is 2.11. The van der Waals surface area contributed by atoms with Crippen LogP contribution in [0.4, 0.5) is 17.2 Å². The van der Waals surface area contributed by atoms with E-state index in [0.29, 0.717) is 38.9 Å². The third-order valence-electron chi connectivity index (χ3n) is 2.55. The number of pyridine rings is 1. The maximum atomic E-state index is 6.04. The predicted molar refractivity (Wildman–Crippen MR) is 81.5 cm³/mol. The van der Waals surface area contributed by atoms with Crippen molar-refractivity contribution in [3.8, 4) is 11.5 Å². The van der Waals surface area contributed by atoms with Gasteiger partial charge < -0.3 is 20.5 Å². The van der Waals surface area contributed by atoms with Gasteiger partial charge in [-0.2, -0.15) is 0 Å². The highest BCUT2D eigenvalue weighted by atomic mass is 35.5. The van der Waals surface area contributed by atoms with Crippen LogP contribution in [0.1, 0.15) is 0 Å². The number of hydrogen-bond acceptors (Lipinski definition) is 5. The predicted octanol–water partition coefficient (Wildman–Crippen LogP) is 3.73. The number of methoxy groups -OCH3 is 2. The molecule has 2 rings (SSSR count). The Hall–Kier alpha value is -1.85. The smallest absolute Gasteiger partial charge is 0.144 e. The Morgan fingerprint density at radius 2 is 1.75 bits per heavy atom. The number of rotatable bonds is 4. The van der Waals surface area contributed by atoms with Gasteiger partial charge in [0.05, 0.1) is 24.9 Å². The molecule has 20 heavy (non-hydrogen) atoms. The Kier molecular flexibility index (Phi) is 4.42. The molecule has 0 atom stereocenters. The highest BCUT2D eigenvalue weighted by molar-refractivity contribution is 6.32. The molecule has 2 aromatic rings. The van der Waals surface area contributed by atoms with Crippen LogP contribution < -0.4 is 20.5 Å². The molecule has 0 aliphatic carbocycles. The molecule has 106 valence electrons. The Morgan fingerprint density at radius 3 is 2.35 bits per heavy atom. The van der Waals surface area contributed by atoms with Crippen molar-refractivity contribution in [1.82, 2.24) is 4.98 Å². The number of nitrogen functional groups attached to an aromatic ring is 1. The number of hydrogen-bond donors (Lipinski definition) is 2. The first-order valence-electron chi connectivity index (χ1n) is 5.65. The van der Waals surface area contributed by atoms with Gasteiger partial charge in [-0.05, 0) is 6.07 Å². The minimum absolute atomic E-state index is 0.299. The molecule has 1 heterocycles. The van der Waals surface area contributed by atoms with Crippen LogP contribution in [0.3, 0.4) is 0 Å². The SMILES string of the molecule is COc1cc(Nc2cc(N)cc(Cl)n2)c(OC)cc1Cl. The largest absolute Gasteiger partial charge is 0.495 e. The molecule has 0 spiro atoms. The molecule has 0 bridgehead atoms. The zero-order valence-corrected chi connectivity index (χ0v) is 12.4. The second kappa shape index (κ2) is 6.07. The van der Waals surface area contributed by atoms with E-state index in [4.69, 9.17) is 38.4 Å². The molecule has 3 N–H and O–H groups in total. The fraction of sp³-hybridized carbons (Fsp3) is 0.154. The van der Waals surface area contributed by atoms with Gasteiger partial charge in [0.15, 0.2) is 0 Å². The first-order chi connectivity index (χ1) is 9.53. The van der Waals surface area contributed by atoms with Crippen LogP contribution in [0.15, 0.2) is 24.3 Å². The van der Waals surface area contributed by atoms with Gasteiger partial charge in [0.2, 0.25) is 0 Å². The van der Waals surface area contributed by atoms with Crippen molar-refractivity contribution in [3.63, 3.8) is 0 Å². The topological polar surface area (TPSA) is 69.4 Å². The monoisotopic (exact) mass is 313 g/mol. The van der Waals surface area contributed by atoms with E-state index in [1.807, 2.05) is 0 Å². The lowest BCUT2D eigenvalue weighted by Gasteiger charge is -2.13. The van der Waals surface area contributed by atoms with Gasteiger partial charge in [0.25, 0.3) is 0 Å². The molecule has 0 saturated carbocycles. The van der Waals surface area contributed by atoms with E-state index in [1.165, 1.54) is 7.11 Å². The van der Waals surface area contributed by atoms with E-state index in [1.54, 1.807) is 31.4 Å². The van der Waals surface area contributed by atoms with E-state index in [2.05, 4.69) is 10.3 Å². The molecule has 0 amide bonds. The second-order valence-corrected chi connectivity index (χ2v) is 4.71. The molecule has 1 aromatic carbocycles. The lowest BCUT2D eigenvalue weighted by molar-refractivity contribution is 0.405. The number of anilines is 3. The summed E-state index contributed by atoms with van der Waals surface area (Å²) in [5, 5.41) is 3.82. The van der Waals surface area contributed by atoms with Crippen LogP contribution in [-0.2, 0) is 0 Å². The van der Waals surface area contributed by atoms with Crippen LogP contribution in [0.2, 0.25) is 10.2 Å². The summed E-state index contributed by atoms with van der Waals surface area (Å²) < 4.78 is 10.4. The molecule has 0 aliphatic rings. The number of nitrogens with zero attached hydrogens (tertiary/aromatic N) is 1. The number of ether oxygens (including phenoxy) is 2. The summed E-state index contributed by atoms with van der Waals surface area (Å²) in [6, 6.07) is 6.58. The third-order valence-corrected chi connectivity index (χ3v) is 3.04. The number of halogens is 2. The van der Waals surface area contributed by atoms with E-state index in [-0.39, 0.29) is 0 Å². The van der Waals surface area contributed by atoms with Crippen LogP contribution >= 0.6 is 23.2 Å². The summed E-state index contributed by atoms with van der Waals surface area (Å²) in [5.41, 5.74) is 6.87. The summed E-state index contributed by atoms with van der Waals surface area (Å²) >= 11 is 11.9. The van der Waals surface area contributed by atoms with Crippen LogP contribution in [0.25, 0.3) is 0 Å². The first kappa shape index (κ1) is 14.6. The van der Waals surface area contributed by atoms with Gasteiger partial charge in [-0.15, -0.1) is 0 Å². The van der Waals surface area contributed by atoms with Crippen LogP contribution in [-0.4, -0.2) is 19.2 Å². The number of nitrogens with one attached hydrogen (secondary N) is 1. The fourth-order valence-corrected chi connectivity index (χ4v) is 2.12. The van der Waals surface area contributed by atoms with Gasteiger partial charge in [0, 0.05) is 23.9 Å². The van der Waals surface area contributed by atoms with Gasteiger partial charge >= 0.3 is 0 Å². The minimum Gasteiger partial charge on any atom is -0.495 e. The lowest BCUT2D eigenvalue weighted by Crippen LogP contribution is -1.99. The van der Waals surface area contributed by atoms with Gasteiger partial charge in [-0.25, -0.2) is 4.98 Å². The Morgan fingerprint density at radius 1 is 1.05 bits per heavy atom. The van der Waals surface area contributed by atoms with E-state index in [9.17, 15) is 0 Å². The normalized spacial score (nSPS) is 10.2. The quantitative estimate of drug-likeness (QED) is 0.842.